The van der Waals surface area contributed by atoms with E-state index in [1.54, 1.807) is 0 Å². The molecule has 1 N–H and O–H groups in total. The van der Waals surface area contributed by atoms with Crippen molar-refractivity contribution >= 4 is 17.7 Å². The highest BCUT2D eigenvalue weighted by molar-refractivity contribution is 8.00. The topological polar surface area (TPSA) is 47.6 Å². The zero-order chi connectivity index (χ0) is 15.6. The molecule has 0 aliphatic carbocycles. The summed E-state index contributed by atoms with van der Waals surface area (Å²) in [4.78, 5) is 11.9. The average Bonchev–Trinajstić information content (AvgIpc) is 3.08. The van der Waals surface area contributed by atoms with Crippen LogP contribution in [-0.2, 0) is 11.2 Å². The Balaban J connectivity index is 1.52. The molecule has 1 saturated heterocycles. The SMILES string of the molecule is CC1(C)Cc2cccc(OCC(=O)NC[C@H]3CCCS3)c2O1. The second-order valence-corrected chi connectivity index (χ2v) is 7.92. The minimum Gasteiger partial charge on any atom is -0.483 e. The first-order chi connectivity index (χ1) is 10.5. The Labute approximate surface area is 135 Å². The molecular formula is C17H23NO3S. The van der Waals surface area contributed by atoms with E-state index in [0.29, 0.717) is 11.0 Å². The Hall–Kier alpha value is -1.36. The Morgan fingerprint density at radius 1 is 1.50 bits per heavy atom. The number of amides is 1. The van der Waals surface area contributed by atoms with Crippen LogP contribution < -0.4 is 14.8 Å². The van der Waals surface area contributed by atoms with Gasteiger partial charge in [0.15, 0.2) is 18.1 Å². The van der Waals surface area contributed by atoms with E-state index in [1.165, 1.54) is 18.6 Å². The third-order valence-electron chi connectivity index (χ3n) is 3.96. The van der Waals surface area contributed by atoms with E-state index in [0.717, 1.165) is 24.3 Å². The maximum absolute atomic E-state index is 11.9. The molecule has 0 saturated carbocycles. The summed E-state index contributed by atoms with van der Waals surface area (Å²) >= 11 is 1.94. The smallest absolute Gasteiger partial charge is 0.257 e. The van der Waals surface area contributed by atoms with Crippen LogP contribution in [0.5, 0.6) is 11.5 Å². The van der Waals surface area contributed by atoms with Crippen molar-refractivity contribution in [3.8, 4) is 11.5 Å². The quantitative estimate of drug-likeness (QED) is 0.906. The summed E-state index contributed by atoms with van der Waals surface area (Å²) in [5.41, 5.74) is 0.939. The van der Waals surface area contributed by atoms with Crippen LogP contribution in [0.25, 0.3) is 0 Å². The van der Waals surface area contributed by atoms with Crippen LogP contribution in [0.2, 0.25) is 0 Å². The fourth-order valence-electron chi connectivity index (χ4n) is 2.93. The second-order valence-electron chi connectivity index (χ2n) is 6.51. The van der Waals surface area contributed by atoms with Gasteiger partial charge in [0.05, 0.1) is 0 Å². The molecule has 1 amide bonds. The predicted octanol–water partition coefficient (Wildman–Crippen LogP) is 2.79. The van der Waals surface area contributed by atoms with Crippen molar-refractivity contribution in [1.82, 2.24) is 5.32 Å². The second kappa shape index (κ2) is 6.41. The normalized spacial score (nSPS) is 22.0. The van der Waals surface area contributed by atoms with Crippen molar-refractivity contribution in [3.63, 3.8) is 0 Å². The zero-order valence-corrected chi connectivity index (χ0v) is 14.0. The van der Waals surface area contributed by atoms with Crippen LogP contribution in [-0.4, -0.2) is 35.7 Å². The number of rotatable bonds is 5. The monoisotopic (exact) mass is 321 g/mol. The van der Waals surface area contributed by atoms with Gasteiger partial charge in [-0.25, -0.2) is 0 Å². The van der Waals surface area contributed by atoms with Crippen molar-refractivity contribution in [2.45, 2.75) is 44.0 Å². The van der Waals surface area contributed by atoms with Crippen LogP contribution in [0.1, 0.15) is 32.3 Å². The summed E-state index contributed by atoms with van der Waals surface area (Å²) in [6.07, 6.45) is 3.32. The van der Waals surface area contributed by atoms with Gasteiger partial charge in [0, 0.05) is 23.8 Å². The summed E-state index contributed by atoms with van der Waals surface area (Å²) in [7, 11) is 0. The lowest BCUT2D eigenvalue weighted by molar-refractivity contribution is -0.123. The van der Waals surface area contributed by atoms with Gasteiger partial charge in [-0.1, -0.05) is 12.1 Å². The number of para-hydroxylation sites is 1. The molecule has 0 bridgehead atoms. The number of nitrogens with one attached hydrogen (secondary N) is 1. The Morgan fingerprint density at radius 3 is 3.14 bits per heavy atom. The van der Waals surface area contributed by atoms with Crippen molar-refractivity contribution in [2.75, 3.05) is 18.9 Å². The number of hydrogen-bond donors (Lipinski definition) is 1. The number of ether oxygens (including phenoxy) is 2. The van der Waals surface area contributed by atoms with Gasteiger partial charge in [-0.2, -0.15) is 11.8 Å². The van der Waals surface area contributed by atoms with Gasteiger partial charge < -0.3 is 14.8 Å². The van der Waals surface area contributed by atoms with E-state index in [4.69, 9.17) is 9.47 Å². The molecule has 2 heterocycles. The van der Waals surface area contributed by atoms with Crippen molar-refractivity contribution < 1.29 is 14.3 Å². The lowest BCUT2D eigenvalue weighted by atomic mass is 10.0. The minimum absolute atomic E-state index is 0.0393. The Bertz CT molecular complexity index is 553. The van der Waals surface area contributed by atoms with E-state index in [9.17, 15) is 4.79 Å². The van der Waals surface area contributed by atoms with Crippen molar-refractivity contribution in [3.05, 3.63) is 23.8 Å². The highest BCUT2D eigenvalue weighted by atomic mass is 32.2. The Morgan fingerprint density at radius 2 is 2.36 bits per heavy atom. The van der Waals surface area contributed by atoms with Gasteiger partial charge in [-0.05, 0) is 38.5 Å². The standard InChI is InChI=1S/C17H23NO3S/c1-17(2)9-12-5-3-7-14(16(12)21-17)20-11-15(19)18-10-13-6-4-8-22-13/h3,5,7,13H,4,6,8-11H2,1-2H3,(H,18,19)/t13-/m1/s1. The highest BCUT2D eigenvalue weighted by Gasteiger charge is 2.32. The first-order valence-corrected chi connectivity index (χ1v) is 8.90. The molecule has 1 aromatic carbocycles. The molecule has 1 aromatic rings. The number of carbonyl (C=O) groups excluding carboxylic acids is 1. The molecular weight excluding hydrogens is 298 g/mol. The molecule has 3 rings (SSSR count). The molecule has 4 nitrogen and oxygen atoms in total. The maximum Gasteiger partial charge on any atom is 0.257 e. The number of benzene rings is 1. The van der Waals surface area contributed by atoms with Gasteiger partial charge in [0.2, 0.25) is 0 Å². The first-order valence-electron chi connectivity index (χ1n) is 7.85. The number of carbonyl (C=O) groups is 1. The van der Waals surface area contributed by atoms with Crippen LogP contribution >= 0.6 is 11.8 Å². The molecule has 0 aromatic heterocycles. The summed E-state index contributed by atoms with van der Waals surface area (Å²) in [5, 5.41) is 3.52. The molecule has 1 fully saturated rings. The zero-order valence-electron chi connectivity index (χ0n) is 13.2. The number of fused-ring (bicyclic) bond motifs is 1. The lowest BCUT2D eigenvalue weighted by Crippen LogP contribution is -2.33. The van der Waals surface area contributed by atoms with E-state index in [-0.39, 0.29) is 18.1 Å². The molecule has 2 aliphatic heterocycles. The Kier molecular flexibility index (Phi) is 4.52. The number of thioether (sulfide) groups is 1. The molecule has 5 heteroatoms. The van der Waals surface area contributed by atoms with Crippen molar-refractivity contribution in [2.24, 2.45) is 0 Å². The van der Waals surface area contributed by atoms with Crippen LogP contribution in [0.4, 0.5) is 0 Å². The van der Waals surface area contributed by atoms with Gasteiger partial charge in [0.25, 0.3) is 5.91 Å². The molecule has 0 spiro atoms. The maximum atomic E-state index is 11.9. The summed E-state index contributed by atoms with van der Waals surface area (Å²) in [6, 6.07) is 5.86. The minimum atomic E-state index is -0.205. The van der Waals surface area contributed by atoms with Crippen molar-refractivity contribution in [1.29, 1.82) is 0 Å². The van der Waals surface area contributed by atoms with Crippen LogP contribution in [0.15, 0.2) is 18.2 Å². The first kappa shape index (κ1) is 15.5. The third kappa shape index (κ3) is 3.69. The molecule has 2 aliphatic rings. The molecule has 0 radical (unpaired) electrons. The summed E-state index contributed by atoms with van der Waals surface area (Å²) in [5.74, 6) is 2.59. The fourth-order valence-corrected chi connectivity index (χ4v) is 4.13. The van der Waals surface area contributed by atoms with E-state index < -0.39 is 0 Å². The van der Waals surface area contributed by atoms with E-state index in [2.05, 4.69) is 19.2 Å². The highest BCUT2D eigenvalue weighted by Crippen LogP contribution is 2.41. The van der Waals surface area contributed by atoms with Gasteiger partial charge >= 0.3 is 0 Å². The fraction of sp³-hybridized carbons (Fsp3) is 0.588. The van der Waals surface area contributed by atoms with E-state index in [1.807, 2.05) is 30.0 Å². The van der Waals surface area contributed by atoms with Gasteiger partial charge in [-0.3, -0.25) is 4.79 Å². The lowest BCUT2D eigenvalue weighted by Gasteiger charge is -2.18. The molecule has 0 unspecified atom stereocenters. The summed E-state index contributed by atoms with van der Waals surface area (Å²) < 4.78 is 11.6. The molecule has 22 heavy (non-hydrogen) atoms. The van der Waals surface area contributed by atoms with Crippen LogP contribution in [0.3, 0.4) is 0 Å². The third-order valence-corrected chi connectivity index (χ3v) is 5.36. The largest absolute Gasteiger partial charge is 0.483 e. The van der Waals surface area contributed by atoms with Gasteiger partial charge in [-0.15, -0.1) is 0 Å². The number of hydrogen-bond acceptors (Lipinski definition) is 4. The van der Waals surface area contributed by atoms with E-state index >= 15 is 0 Å². The van der Waals surface area contributed by atoms with Crippen LogP contribution in [0, 0.1) is 0 Å². The van der Waals surface area contributed by atoms with Gasteiger partial charge in [0.1, 0.15) is 5.60 Å². The molecule has 1 atom stereocenters. The predicted molar refractivity (Wildman–Crippen MR) is 88.8 cm³/mol. The summed E-state index contributed by atoms with van der Waals surface area (Å²) in [6.45, 7) is 4.90. The average molecular weight is 321 g/mol. The molecule has 120 valence electrons.